The van der Waals surface area contributed by atoms with E-state index in [1.807, 2.05) is 48.7 Å². The minimum Gasteiger partial charge on any atom is -0.384 e. The van der Waals surface area contributed by atoms with Crippen LogP contribution in [0.15, 0.2) is 72.9 Å². The zero-order valence-corrected chi connectivity index (χ0v) is 18.2. The third kappa shape index (κ3) is 4.36. The molecule has 7 heteroatoms. The van der Waals surface area contributed by atoms with Gasteiger partial charge in [-0.2, -0.15) is 5.10 Å². The second kappa shape index (κ2) is 8.52. The molecule has 0 radical (unpaired) electrons. The van der Waals surface area contributed by atoms with Gasteiger partial charge in [0.2, 0.25) is 0 Å². The number of rotatable bonds is 8. The van der Waals surface area contributed by atoms with E-state index in [1.54, 1.807) is 0 Å². The fraction of sp³-hybridized carbons (Fsp3) is 0.192. The van der Waals surface area contributed by atoms with Gasteiger partial charge in [-0.25, -0.2) is 9.97 Å². The predicted molar refractivity (Wildman–Crippen MR) is 134 cm³/mol. The number of fused-ring (bicyclic) bond motifs is 2. The van der Waals surface area contributed by atoms with Crippen LogP contribution in [0.5, 0.6) is 0 Å². The van der Waals surface area contributed by atoms with Crippen molar-refractivity contribution in [2.24, 2.45) is 0 Å². The van der Waals surface area contributed by atoms with Crippen molar-refractivity contribution in [2.45, 2.75) is 18.9 Å². The summed E-state index contributed by atoms with van der Waals surface area (Å²) in [4.78, 5) is 9.77. The molecular weight excluding hydrogens is 410 g/mol. The highest BCUT2D eigenvalue weighted by atomic mass is 15.1. The summed E-state index contributed by atoms with van der Waals surface area (Å²) in [5, 5.41) is 19.7. The van der Waals surface area contributed by atoms with Crippen LogP contribution in [-0.4, -0.2) is 39.3 Å². The van der Waals surface area contributed by atoms with Crippen molar-refractivity contribution in [3.05, 3.63) is 72.9 Å². The second-order valence-corrected chi connectivity index (χ2v) is 8.45. The lowest BCUT2D eigenvalue weighted by Crippen LogP contribution is -2.23. The maximum Gasteiger partial charge on any atom is 0.162 e. The average molecular weight is 436 g/mol. The number of H-pyrrole nitrogens is 1. The Morgan fingerprint density at radius 3 is 2.76 bits per heavy atom. The topological polar surface area (TPSA) is 90.6 Å². The van der Waals surface area contributed by atoms with Crippen molar-refractivity contribution in [3.8, 4) is 11.4 Å². The second-order valence-electron chi connectivity index (χ2n) is 8.45. The standard InChI is InChI=1S/C26H25N7/c1-2-7-24-22(6-1)26(30-21-10-11-23-18(15-21)16-29-33-23)32-25(31-24)17-4-3-5-20(14-17)28-13-12-27-19-8-9-19/h1-7,10-11,14-16,19,27-28H,8-9,12-13H2,(H,29,33)(H,30,31,32). The first-order valence-electron chi connectivity index (χ1n) is 11.4. The Bertz CT molecular complexity index is 1420. The van der Waals surface area contributed by atoms with Gasteiger partial charge in [0, 0.05) is 46.8 Å². The molecule has 0 amide bonds. The number of nitrogens with one attached hydrogen (secondary N) is 4. The smallest absolute Gasteiger partial charge is 0.162 e. The summed E-state index contributed by atoms with van der Waals surface area (Å²) in [6, 6.07) is 23.2. The van der Waals surface area contributed by atoms with Crippen molar-refractivity contribution in [2.75, 3.05) is 23.7 Å². The Morgan fingerprint density at radius 1 is 0.879 bits per heavy atom. The number of hydrogen-bond acceptors (Lipinski definition) is 6. The van der Waals surface area contributed by atoms with Gasteiger partial charge in [0.15, 0.2) is 5.82 Å². The van der Waals surface area contributed by atoms with Gasteiger partial charge in [-0.15, -0.1) is 0 Å². The zero-order valence-electron chi connectivity index (χ0n) is 18.2. The number of aromatic amines is 1. The van der Waals surface area contributed by atoms with Gasteiger partial charge in [0.1, 0.15) is 5.82 Å². The van der Waals surface area contributed by atoms with Gasteiger partial charge in [-0.3, -0.25) is 5.10 Å². The van der Waals surface area contributed by atoms with Crippen LogP contribution >= 0.6 is 0 Å². The monoisotopic (exact) mass is 435 g/mol. The van der Waals surface area contributed by atoms with Crippen LogP contribution in [0.25, 0.3) is 33.2 Å². The third-order valence-corrected chi connectivity index (χ3v) is 5.89. The molecular formula is C26H25N7. The number of hydrogen-bond donors (Lipinski definition) is 4. The van der Waals surface area contributed by atoms with Gasteiger partial charge in [-0.1, -0.05) is 24.3 Å². The van der Waals surface area contributed by atoms with Crippen LogP contribution in [0.1, 0.15) is 12.8 Å². The van der Waals surface area contributed by atoms with E-state index in [-0.39, 0.29) is 0 Å². The molecule has 0 unspecified atom stereocenters. The van der Waals surface area contributed by atoms with Crippen molar-refractivity contribution in [1.29, 1.82) is 0 Å². The molecule has 0 bridgehead atoms. The molecule has 0 saturated heterocycles. The number of benzene rings is 3. The summed E-state index contributed by atoms with van der Waals surface area (Å²) in [6.07, 6.45) is 4.44. The van der Waals surface area contributed by atoms with E-state index in [9.17, 15) is 0 Å². The molecule has 2 aromatic heterocycles. The maximum absolute atomic E-state index is 4.92. The van der Waals surface area contributed by atoms with Crippen LogP contribution < -0.4 is 16.0 Å². The van der Waals surface area contributed by atoms with Crippen molar-refractivity contribution in [3.63, 3.8) is 0 Å². The fourth-order valence-electron chi connectivity index (χ4n) is 4.00. The predicted octanol–water partition coefficient (Wildman–Crippen LogP) is 5.08. The van der Waals surface area contributed by atoms with Gasteiger partial charge < -0.3 is 16.0 Å². The van der Waals surface area contributed by atoms with E-state index >= 15 is 0 Å². The van der Waals surface area contributed by atoms with E-state index < -0.39 is 0 Å². The Hall–Kier alpha value is -3.97. The first kappa shape index (κ1) is 19.7. The molecule has 1 saturated carbocycles. The van der Waals surface area contributed by atoms with Gasteiger partial charge >= 0.3 is 0 Å². The first-order chi connectivity index (χ1) is 16.3. The van der Waals surface area contributed by atoms with Crippen LogP contribution in [-0.2, 0) is 0 Å². The molecule has 0 atom stereocenters. The lowest BCUT2D eigenvalue weighted by Gasteiger charge is -2.12. The number of para-hydroxylation sites is 1. The molecule has 7 nitrogen and oxygen atoms in total. The normalized spacial score (nSPS) is 13.5. The van der Waals surface area contributed by atoms with Gasteiger partial charge in [0.25, 0.3) is 0 Å². The molecule has 0 aliphatic heterocycles. The lowest BCUT2D eigenvalue weighted by molar-refractivity contribution is 0.701. The highest BCUT2D eigenvalue weighted by molar-refractivity contribution is 5.93. The summed E-state index contributed by atoms with van der Waals surface area (Å²) in [7, 11) is 0. The zero-order chi connectivity index (χ0) is 22.0. The molecule has 5 aromatic rings. The molecule has 164 valence electrons. The molecule has 3 aromatic carbocycles. The largest absolute Gasteiger partial charge is 0.384 e. The molecule has 1 fully saturated rings. The highest BCUT2D eigenvalue weighted by Crippen LogP contribution is 2.29. The van der Waals surface area contributed by atoms with E-state index in [2.05, 4.69) is 50.4 Å². The minimum atomic E-state index is 0.695. The van der Waals surface area contributed by atoms with Crippen LogP contribution in [0.4, 0.5) is 17.2 Å². The quantitative estimate of drug-likeness (QED) is 0.254. The Morgan fingerprint density at radius 2 is 1.82 bits per heavy atom. The SMILES string of the molecule is c1cc(NCCNC2CC2)cc(-c2nc(Nc3ccc4[nH]ncc4c3)c3ccccc3n2)c1. The number of anilines is 3. The van der Waals surface area contributed by atoms with Crippen molar-refractivity contribution in [1.82, 2.24) is 25.5 Å². The van der Waals surface area contributed by atoms with E-state index in [0.717, 1.165) is 63.7 Å². The van der Waals surface area contributed by atoms with Crippen LogP contribution in [0.2, 0.25) is 0 Å². The highest BCUT2D eigenvalue weighted by Gasteiger charge is 2.19. The summed E-state index contributed by atoms with van der Waals surface area (Å²) in [5.41, 5.74) is 4.92. The molecule has 0 spiro atoms. The summed E-state index contributed by atoms with van der Waals surface area (Å²) < 4.78 is 0. The van der Waals surface area contributed by atoms with Crippen LogP contribution in [0.3, 0.4) is 0 Å². The Labute approximate surface area is 191 Å². The number of aromatic nitrogens is 4. The Balaban J connectivity index is 1.30. The molecule has 6 rings (SSSR count). The molecule has 2 heterocycles. The molecule has 1 aliphatic carbocycles. The van der Waals surface area contributed by atoms with Gasteiger partial charge in [-0.05, 0) is 55.3 Å². The van der Waals surface area contributed by atoms with E-state index in [1.165, 1.54) is 12.8 Å². The van der Waals surface area contributed by atoms with Crippen molar-refractivity contribution < 1.29 is 0 Å². The first-order valence-corrected chi connectivity index (χ1v) is 11.4. The molecule has 4 N–H and O–H groups in total. The van der Waals surface area contributed by atoms with E-state index in [4.69, 9.17) is 9.97 Å². The maximum atomic E-state index is 4.92. The molecule has 33 heavy (non-hydrogen) atoms. The average Bonchev–Trinajstić information content (AvgIpc) is 3.56. The Kier molecular flexibility index (Phi) is 5.08. The summed E-state index contributed by atoms with van der Waals surface area (Å²) in [5.74, 6) is 1.48. The summed E-state index contributed by atoms with van der Waals surface area (Å²) in [6.45, 7) is 1.86. The number of nitrogens with zero attached hydrogens (tertiary/aromatic N) is 3. The fourth-order valence-corrected chi connectivity index (χ4v) is 4.00. The third-order valence-electron chi connectivity index (χ3n) is 5.89. The van der Waals surface area contributed by atoms with Crippen molar-refractivity contribution >= 4 is 39.0 Å². The van der Waals surface area contributed by atoms with Gasteiger partial charge in [0.05, 0.1) is 17.2 Å². The minimum absolute atomic E-state index is 0.695. The van der Waals surface area contributed by atoms with Crippen LogP contribution in [0, 0.1) is 0 Å². The summed E-state index contributed by atoms with van der Waals surface area (Å²) >= 11 is 0. The lowest BCUT2D eigenvalue weighted by atomic mass is 10.1. The van der Waals surface area contributed by atoms with E-state index in [0.29, 0.717) is 5.82 Å². The molecule has 1 aliphatic rings.